The Hall–Kier alpha value is -3.84. The van der Waals surface area contributed by atoms with Gasteiger partial charge in [0.15, 0.2) is 17.1 Å². The number of fused-ring (bicyclic) bond motifs is 2. The number of nitrogens with one attached hydrogen (secondary N) is 2. The molecule has 0 radical (unpaired) electrons. The summed E-state index contributed by atoms with van der Waals surface area (Å²) in [6, 6.07) is 11.0. The molecule has 2 amide bonds. The first kappa shape index (κ1) is 27.7. The Labute approximate surface area is 238 Å². The maximum Gasteiger partial charge on any atom is 0.413 e. The van der Waals surface area contributed by atoms with Crippen molar-refractivity contribution in [2.45, 2.75) is 46.1 Å². The zero-order valence-electron chi connectivity index (χ0n) is 22.4. The van der Waals surface area contributed by atoms with E-state index in [-0.39, 0.29) is 12.5 Å². The van der Waals surface area contributed by atoms with E-state index in [0.29, 0.717) is 34.3 Å². The van der Waals surface area contributed by atoms with E-state index in [1.165, 1.54) is 22.7 Å². The standard InChI is InChI=1S/C28H29N5O5S2/c1-5-37-25(35)22-21(17-10-12-39-15-17)31-23-18(7-6-11-33(22)23)24(34)29-14-16-8-9-19-20(13-16)40-26(30-19)32-27(36)38-28(2,3)4/h6-13,15,25,35H,5,14H2,1-4H3,(H,29,34)(H,30,32,36). The quantitative estimate of drug-likeness (QED) is 0.193. The van der Waals surface area contributed by atoms with Gasteiger partial charge in [-0.15, -0.1) is 0 Å². The highest BCUT2D eigenvalue weighted by atomic mass is 32.1. The van der Waals surface area contributed by atoms with Crippen molar-refractivity contribution < 1.29 is 24.2 Å². The van der Waals surface area contributed by atoms with E-state index in [0.717, 1.165) is 21.3 Å². The summed E-state index contributed by atoms with van der Waals surface area (Å²) in [5.41, 5.74) is 3.66. The third-order valence-corrected chi connectivity index (χ3v) is 7.42. The van der Waals surface area contributed by atoms with Gasteiger partial charge in [-0.05, 0) is 69.0 Å². The third kappa shape index (κ3) is 5.99. The van der Waals surface area contributed by atoms with Crippen molar-refractivity contribution in [2.24, 2.45) is 0 Å². The Morgan fingerprint density at radius 3 is 2.73 bits per heavy atom. The molecule has 1 aromatic carbocycles. The molecule has 1 unspecified atom stereocenters. The number of thiophene rings is 1. The van der Waals surface area contributed by atoms with E-state index in [4.69, 9.17) is 14.5 Å². The monoisotopic (exact) mass is 579 g/mol. The van der Waals surface area contributed by atoms with E-state index >= 15 is 0 Å². The van der Waals surface area contributed by atoms with Crippen molar-refractivity contribution in [2.75, 3.05) is 11.9 Å². The number of anilines is 1. The van der Waals surface area contributed by atoms with Crippen molar-refractivity contribution in [3.05, 3.63) is 70.2 Å². The van der Waals surface area contributed by atoms with E-state index in [1.54, 1.807) is 50.4 Å². The van der Waals surface area contributed by atoms with E-state index in [2.05, 4.69) is 15.6 Å². The Balaban J connectivity index is 1.36. The minimum absolute atomic E-state index is 0.273. The van der Waals surface area contributed by atoms with Crippen molar-refractivity contribution in [3.63, 3.8) is 0 Å². The number of ether oxygens (including phenoxy) is 2. The molecule has 5 rings (SSSR count). The van der Waals surface area contributed by atoms with Gasteiger partial charge in [-0.1, -0.05) is 17.4 Å². The fourth-order valence-corrected chi connectivity index (χ4v) is 5.70. The molecule has 208 valence electrons. The van der Waals surface area contributed by atoms with Crippen molar-refractivity contribution in [1.29, 1.82) is 0 Å². The first-order valence-corrected chi connectivity index (χ1v) is 14.4. The molecule has 0 spiro atoms. The first-order valence-electron chi connectivity index (χ1n) is 12.6. The highest BCUT2D eigenvalue weighted by molar-refractivity contribution is 7.22. The highest BCUT2D eigenvalue weighted by Crippen LogP contribution is 2.32. The topological polar surface area (TPSA) is 127 Å². The van der Waals surface area contributed by atoms with Crippen LogP contribution in [0.15, 0.2) is 53.4 Å². The minimum atomic E-state index is -1.20. The lowest BCUT2D eigenvalue weighted by Crippen LogP contribution is -2.27. The van der Waals surface area contributed by atoms with Crippen molar-refractivity contribution in [1.82, 2.24) is 19.7 Å². The molecule has 4 heterocycles. The predicted octanol–water partition coefficient (Wildman–Crippen LogP) is 5.98. The number of benzene rings is 1. The third-order valence-electron chi connectivity index (χ3n) is 5.80. The predicted molar refractivity (Wildman–Crippen MR) is 156 cm³/mol. The molecule has 0 aliphatic heterocycles. The number of amides is 2. The molecule has 0 saturated carbocycles. The molecule has 10 nitrogen and oxygen atoms in total. The molecule has 0 saturated heterocycles. The molecule has 12 heteroatoms. The van der Waals surface area contributed by atoms with Gasteiger partial charge in [-0.3, -0.25) is 14.5 Å². The lowest BCUT2D eigenvalue weighted by atomic mass is 10.2. The average molecular weight is 580 g/mol. The van der Waals surface area contributed by atoms with Gasteiger partial charge in [0.2, 0.25) is 0 Å². The van der Waals surface area contributed by atoms with Crippen LogP contribution in [0.2, 0.25) is 0 Å². The van der Waals surface area contributed by atoms with Crippen LogP contribution in [-0.4, -0.2) is 43.7 Å². The molecule has 0 fully saturated rings. The summed E-state index contributed by atoms with van der Waals surface area (Å²) in [6.07, 6.45) is -0.00645. The number of imidazole rings is 1. The van der Waals surface area contributed by atoms with E-state index in [9.17, 15) is 14.7 Å². The number of thiazole rings is 1. The van der Waals surface area contributed by atoms with Crippen LogP contribution in [0.25, 0.3) is 27.1 Å². The summed E-state index contributed by atoms with van der Waals surface area (Å²) in [6.45, 7) is 7.78. The molecule has 5 aromatic rings. The molecule has 3 N–H and O–H groups in total. The zero-order chi connectivity index (χ0) is 28.4. The van der Waals surface area contributed by atoms with Gasteiger partial charge in [-0.2, -0.15) is 11.3 Å². The van der Waals surface area contributed by atoms with Crippen LogP contribution in [0.1, 0.15) is 55.6 Å². The van der Waals surface area contributed by atoms with Crippen LogP contribution in [0.3, 0.4) is 0 Å². The number of aliphatic hydroxyl groups is 1. The van der Waals surface area contributed by atoms with Gasteiger partial charge in [0.05, 0.1) is 21.5 Å². The maximum atomic E-state index is 13.3. The number of hydrogen-bond acceptors (Lipinski definition) is 9. The number of carbonyl (C=O) groups is 2. The summed E-state index contributed by atoms with van der Waals surface area (Å²) in [7, 11) is 0. The second-order valence-corrected chi connectivity index (χ2v) is 11.7. The van der Waals surface area contributed by atoms with Gasteiger partial charge >= 0.3 is 6.09 Å². The fourth-order valence-electron chi connectivity index (χ4n) is 4.15. The molecule has 4 aromatic heterocycles. The molecule has 0 aliphatic rings. The Morgan fingerprint density at radius 1 is 1.18 bits per heavy atom. The Morgan fingerprint density at radius 2 is 2.00 bits per heavy atom. The fraction of sp³-hybridized carbons (Fsp3) is 0.286. The SMILES string of the molecule is CCOC(O)c1c(-c2ccsc2)nc2c(C(=O)NCc3ccc4nc(NC(=O)OC(C)(C)C)sc4c3)cccn12. The molecule has 1 atom stereocenters. The summed E-state index contributed by atoms with van der Waals surface area (Å²) in [5, 5.41) is 20.7. The molecule has 0 bridgehead atoms. The number of pyridine rings is 1. The molecule has 0 aliphatic carbocycles. The average Bonchev–Trinajstić information content (AvgIpc) is 3.63. The lowest BCUT2D eigenvalue weighted by molar-refractivity contribution is -0.101. The van der Waals surface area contributed by atoms with Crippen LogP contribution in [-0.2, 0) is 16.0 Å². The minimum Gasteiger partial charge on any atom is -0.444 e. The molecule has 40 heavy (non-hydrogen) atoms. The van der Waals surface area contributed by atoms with Gasteiger partial charge in [0.25, 0.3) is 5.91 Å². The number of hydrogen-bond donors (Lipinski definition) is 3. The normalized spacial score (nSPS) is 12.5. The van der Waals surface area contributed by atoms with Crippen molar-refractivity contribution in [3.8, 4) is 11.3 Å². The smallest absolute Gasteiger partial charge is 0.413 e. The number of aliphatic hydroxyl groups excluding tert-OH is 1. The van der Waals surface area contributed by atoms with Crippen LogP contribution >= 0.6 is 22.7 Å². The highest BCUT2D eigenvalue weighted by Gasteiger charge is 2.24. The van der Waals surface area contributed by atoms with E-state index in [1.807, 2.05) is 35.0 Å². The second-order valence-electron chi connectivity index (χ2n) is 9.91. The first-order chi connectivity index (χ1) is 19.1. The van der Waals surface area contributed by atoms with Gasteiger partial charge in [0, 0.05) is 30.3 Å². The van der Waals surface area contributed by atoms with Gasteiger partial charge < -0.3 is 19.9 Å². The number of nitrogens with zero attached hydrogens (tertiary/aromatic N) is 3. The Bertz CT molecular complexity index is 1670. The van der Waals surface area contributed by atoms with Crippen molar-refractivity contribution >= 4 is 55.7 Å². The summed E-state index contributed by atoms with van der Waals surface area (Å²) >= 11 is 2.84. The van der Waals surface area contributed by atoms with Gasteiger partial charge in [0.1, 0.15) is 11.3 Å². The summed E-state index contributed by atoms with van der Waals surface area (Å²) < 4.78 is 13.3. The maximum absolute atomic E-state index is 13.3. The Kier molecular flexibility index (Phi) is 7.86. The lowest BCUT2D eigenvalue weighted by Gasteiger charge is -2.18. The van der Waals surface area contributed by atoms with Gasteiger partial charge in [-0.25, -0.2) is 14.8 Å². The van der Waals surface area contributed by atoms with Crippen LogP contribution in [0, 0.1) is 0 Å². The van der Waals surface area contributed by atoms with E-state index < -0.39 is 18.0 Å². The number of carbonyl (C=O) groups excluding carboxylic acids is 2. The summed E-state index contributed by atoms with van der Waals surface area (Å²) in [4.78, 5) is 34.6. The largest absolute Gasteiger partial charge is 0.444 e. The molecular weight excluding hydrogens is 550 g/mol. The zero-order valence-corrected chi connectivity index (χ0v) is 24.1. The number of aromatic nitrogens is 3. The number of rotatable bonds is 8. The van der Waals surface area contributed by atoms with Crippen LogP contribution in [0.4, 0.5) is 9.93 Å². The second kappa shape index (κ2) is 11.3. The summed E-state index contributed by atoms with van der Waals surface area (Å²) in [5.74, 6) is -0.304. The van der Waals surface area contributed by atoms with Crippen LogP contribution in [0.5, 0.6) is 0 Å². The van der Waals surface area contributed by atoms with Crippen LogP contribution < -0.4 is 10.6 Å². The molecular formula is C28H29N5O5S2.